The van der Waals surface area contributed by atoms with Gasteiger partial charge in [-0.05, 0) is 24.6 Å². The molecule has 138 valence electrons. The molecule has 1 heterocycles. The molecule has 0 saturated heterocycles. The van der Waals surface area contributed by atoms with Crippen LogP contribution in [0.2, 0.25) is 0 Å². The van der Waals surface area contributed by atoms with E-state index in [1.54, 1.807) is 6.07 Å². The van der Waals surface area contributed by atoms with E-state index in [-0.39, 0.29) is 16.6 Å². The van der Waals surface area contributed by atoms with Gasteiger partial charge in [-0.15, -0.1) is 11.3 Å². The second-order valence-electron chi connectivity index (χ2n) is 5.87. The van der Waals surface area contributed by atoms with Gasteiger partial charge in [0.25, 0.3) is 11.6 Å². The van der Waals surface area contributed by atoms with Crippen LogP contribution >= 0.6 is 11.3 Å². The Hall–Kier alpha value is -3.26. The molecule has 1 atom stereocenters. The normalized spacial score (nSPS) is 11.7. The summed E-state index contributed by atoms with van der Waals surface area (Å²) in [5, 5.41) is 14.2. The summed E-state index contributed by atoms with van der Waals surface area (Å²) in [6.07, 6.45) is 0. The van der Waals surface area contributed by atoms with Crippen LogP contribution in [0.5, 0.6) is 0 Å². The first-order chi connectivity index (χ1) is 12.9. The van der Waals surface area contributed by atoms with Gasteiger partial charge in [0.15, 0.2) is 6.61 Å². The summed E-state index contributed by atoms with van der Waals surface area (Å²) in [6, 6.07) is 15.1. The van der Waals surface area contributed by atoms with Crippen LogP contribution in [-0.4, -0.2) is 23.4 Å². The molecule has 27 heavy (non-hydrogen) atoms. The van der Waals surface area contributed by atoms with Crippen molar-refractivity contribution < 1.29 is 19.2 Å². The third-order valence-electron chi connectivity index (χ3n) is 3.92. The number of hydrogen-bond acceptors (Lipinski definition) is 6. The Bertz CT molecular complexity index is 1000. The number of nitrogens with zero attached hydrogens (tertiary/aromatic N) is 1. The van der Waals surface area contributed by atoms with E-state index in [9.17, 15) is 19.7 Å². The standard InChI is InChI=1S/C19H16N2O5S/c1-12(13-5-3-2-4-6-13)20-18(22)11-26-19(23)17-10-14-9-15(21(24)25)7-8-16(14)27-17/h2-10,12H,11H2,1H3,(H,20,22)/t12-/m1/s1. The lowest BCUT2D eigenvalue weighted by atomic mass is 10.1. The van der Waals surface area contributed by atoms with Crippen molar-refractivity contribution in [3.05, 3.63) is 75.2 Å². The minimum atomic E-state index is -0.638. The molecular weight excluding hydrogens is 368 g/mol. The maximum absolute atomic E-state index is 12.2. The molecule has 0 aliphatic heterocycles. The van der Waals surface area contributed by atoms with Crippen LogP contribution in [0, 0.1) is 10.1 Å². The maximum atomic E-state index is 12.2. The number of carbonyl (C=O) groups excluding carboxylic acids is 2. The first-order valence-corrected chi connectivity index (χ1v) is 8.95. The Labute approximate surface area is 158 Å². The fraction of sp³-hybridized carbons (Fsp3) is 0.158. The summed E-state index contributed by atoms with van der Waals surface area (Å²) >= 11 is 1.16. The highest BCUT2D eigenvalue weighted by atomic mass is 32.1. The largest absolute Gasteiger partial charge is 0.451 e. The number of amides is 1. The molecule has 0 saturated carbocycles. The van der Waals surface area contributed by atoms with Crippen molar-refractivity contribution in [2.24, 2.45) is 0 Å². The number of carbonyl (C=O) groups is 2. The van der Waals surface area contributed by atoms with Crippen LogP contribution < -0.4 is 5.32 Å². The van der Waals surface area contributed by atoms with E-state index in [0.717, 1.165) is 21.6 Å². The minimum Gasteiger partial charge on any atom is -0.451 e. The van der Waals surface area contributed by atoms with Gasteiger partial charge in [0.2, 0.25) is 0 Å². The first kappa shape index (κ1) is 18.5. The van der Waals surface area contributed by atoms with Crippen molar-refractivity contribution >= 4 is 39.0 Å². The number of ether oxygens (including phenoxy) is 1. The van der Waals surface area contributed by atoms with Crippen molar-refractivity contribution in [2.75, 3.05) is 6.61 Å². The Balaban J connectivity index is 1.59. The van der Waals surface area contributed by atoms with Gasteiger partial charge in [0.05, 0.1) is 11.0 Å². The SMILES string of the molecule is C[C@@H](NC(=O)COC(=O)c1cc2cc([N+](=O)[O-])ccc2s1)c1ccccc1. The predicted octanol–water partition coefficient (Wildman–Crippen LogP) is 3.84. The molecule has 0 aliphatic rings. The monoisotopic (exact) mass is 384 g/mol. The molecule has 2 aromatic carbocycles. The molecule has 0 bridgehead atoms. The molecule has 7 nitrogen and oxygen atoms in total. The number of nitro benzene ring substituents is 1. The van der Waals surface area contributed by atoms with Gasteiger partial charge >= 0.3 is 5.97 Å². The van der Waals surface area contributed by atoms with E-state index in [0.29, 0.717) is 5.39 Å². The maximum Gasteiger partial charge on any atom is 0.348 e. The molecule has 0 fully saturated rings. The second kappa shape index (κ2) is 7.96. The topological polar surface area (TPSA) is 98.5 Å². The van der Waals surface area contributed by atoms with Gasteiger partial charge in [-0.25, -0.2) is 4.79 Å². The molecule has 1 N–H and O–H groups in total. The lowest BCUT2D eigenvalue weighted by Gasteiger charge is -2.14. The predicted molar refractivity (Wildman–Crippen MR) is 102 cm³/mol. The van der Waals surface area contributed by atoms with Crippen molar-refractivity contribution in [3.63, 3.8) is 0 Å². The minimum absolute atomic E-state index is 0.0468. The highest BCUT2D eigenvalue weighted by Gasteiger charge is 2.16. The molecule has 0 radical (unpaired) electrons. The zero-order chi connectivity index (χ0) is 19.4. The molecular formula is C19H16N2O5S. The van der Waals surface area contributed by atoms with Gasteiger partial charge in [0, 0.05) is 22.2 Å². The quantitative estimate of drug-likeness (QED) is 0.395. The number of hydrogen-bond donors (Lipinski definition) is 1. The summed E-state index contributed by atoms with van der Waals surface area (Å²) in [4.78, 5) is 34.8. The Morgan fingerprint density at radius 2 is 1.93 bits per heavy atom. The second-order valence-corrected chi connectivity index (χ2v) is 6.95. The van der Waals surface area contributed by atoms with Crippen molar-refractivity contribution in [1.82, 2.24) is 5.32 Å². The van der Waals surface area contributed by atoms with Crippen LogP contribution in [0.1, 0.15) is 28.2 Å². The van der Waals surface area contributed by atoms with E-state index in [1.807, 2.05) is 37.3 Å². The van der Waals surface area contributed by atoms with Gasteiger partial charge < -0.3 is 10.1 Å². The highest BCUT2D eigenvalue weighted by molar-refractivity contribution is 7.20. The van der Waals surface area contributed by atoms with Gasteiger partial charge in [-0.1, -0.05) is 30.3 Å². The first-order valence-electron chi connectivity index (χ1n) is 8.13. The number of esters is 1. The smallest absolute Gasteiger partial charge is 0.348 e. The van der Waals surface area contributed by atoms with E-state index >= 15 is 0 Å². The van der Waals surface area contributed by atoms with Gasteiger partial charge in [-0.2, -0.15) is 0 Å². The molecule has 0 aliphatic carbocycles. The summed E-state index contributed by atoms with van der Waals surface area (Å²) in [5.74, 6) is -1.04. The van der Waals surface area contributed by atoms with Gasteiger partial charge in [0.1, 0.15) is 4.88 Å². The fourth-order valence-electron chi connectivity index (χ4n) is 2.56. The summed E-state index contributed by atoms with van der Waals surface area (Å²) in [6.45, 7) is 1.44. The lowest BCUT2D eigenvalue weighted by molar-refractivity contribution is -0.384. The summed E-state index contributed by atoms with van der Waals surface area (Å²) < 4.78 is 5.79. The van der Waals surface area contributed by atoms with Crippen LogP contribution in [0.15, 0.2) is 54.6 Å². The highest BCUT2D eigenvalue weighted by Crippen LogP contribution is 2.29. The number of thiophene rings is 1. The Kier molecular flexibility index (Phi) is 5.46. The summed E-state index contributed by atoms with van der Waals surface area (Å²) in [7, 11) is 0. The average Bonchev–Trinajstić information content (AvgIpc) is 3.10. The number of nitrogens with one attached hydrogen (secondary N) is 1. The van der Waals surface area contributed by atoms with Crippen molar-refractivity contribution in [2.45, 2.75) is 13.0 Å². The van der Waals surface area contributed by atoms with E-state index in [1.165, 1.54) is 18.2 Å². The van der Waals surface area contributed by atoms with Gasteiger partial charge in [-0.3, -0.25) is 14.9 Å². The Morgan fingerprint density at radius 1 is 1.19 bits per heavy atom. The van der Waals surface area contributed by atoms with Crippen molar-refractivity contribution in [3.8, 4) is 0 Å². The molecule has 8 heteroatoms. The Morgan fingerprint density at radius 3 is 2.63 bits per heavy atom. The molecule has 1 aromatic heterocycles. The molecule has 1 amide bonds. The third-order valence-corrected chi connectivity index (χ3v) is 5.02. The van der Waals surface area contributed by atoms with E-state index < -0.39 is 23.4 Å². The van der Waals surface area contributed by atoms with Crippen LogP contribution in [-0.2, 0) is 9.53 Å². The zero-order valence-corrected chi connectivity index (χ0v) is 15.2. The third kappa shape index (κ3) is 4.48. The van der Waals surface area contributed by atoms with Crippen LogP contribution in [0.25, 0.3) is 10.1 Å². The fourth-order valence-corrected chi connectivity index (χ4v) is 3.49. The van der Waals surface area contributed by atoms with Crippen LogP contribution in [0.3, 0.4) is 0 Å². The van der Waals surface area contributed by atoms with E-state index in [2.05, 4.69) is 5.32 Å². The number of fused-ring (bicyclic) bond motifs is 1. The van der Waals surface area contributed by atoms with E-state index in [4.69, 9.17) is 4.74 Å². The molecule has 3 rings (SSSR count). The zero-order valence-electron chi connectivity index (χ0n) is 14.4. The van der Waals surface area contributed by atoms with Crippen molar-refractivity contribution in [1.29, 1.82) is 0 Å². The average molecular weight is 384 g/mol. The molecule has 0 spiro atoms. The summed E-state index contributed by atoms with van der Waals surface area (Å²) in [5.41, 5.74) is 0.901. The number of rotatable bonds is 6. The lowest BCUT2D eigenvalue weighted by Crippen LogP contribution is -2.31. The number of benzene rings is 2. The molecule has 0 unspecified atom stereocenters. The van der Waals surface area contributed by atoms with Crippen LogP contribution in [0.4, 0.5) is 5.69 Å². The number of nitro groups is 1. The molecule has 3 aromatic rings. The number of non-ortho nitro benzene ring substituents is 1.